The molecule has 24 heavy (non-hydrogen) atoms. The van der Waals surface area contributed by atoms with E-state index in [1.807, 2.05) is 6.07 Å². The lowest BCUT2D eigenvalue weighted by atomic mass is 10.2. The summed E-state index contributed by atoms with van der Waals surface area (Å²) in [5, 5.41) is 9.03. The van der Waals surface area contributed by atoms with Crippen LogP contribution < -0.4 is 0 Å². The molecule has 0 radical (unpaired) electrons. The number of fused-ring (bicyclic) bond motifs is 2. The third-order valence-corrected chi connectivity index (χ3v) is 3.98. The van der Waals surface area contributed by atoms with Crippen molar-refractivity contribution in [3.05, 3.63) is 53.1 Å². The van der Waals surface area contributed by atoms with Gasteiger partial charge in [-0.2, -0.15) is 18.3 Å². The zero-order valence-electron chi connectivity index (χ0n) is 12.2. The van der Waals surface area contributed by atoms with Gasteiger partial charge in [-0.15, -0.1) is 5.10 Å². The fourth-order valence-electron chi connectivity index (χ4n) is 2.57. The molecule has 0 saturated carbocycles. The fraction of sp³-hybridized carbons (Fsp3) is 0.133. The van der Waals surface area contributed by atoms with Crippen LogP contribution in [0.25, 0.3) is 22.2 Å². The van der Waals surface area contributed by atoms with Crippen LogP contribution in [-0.4, -0.2) is 24.4 Å². The van der Waals surface area contributed by atoms with E-state index in [2.05, 4.69) is 15.2 Å². The van der Waals surface area contributed by atoms with Gasteiger partial charge in [-0.05, 0) is 25.1 Å². The highest BCUT2D eigenvalue weighted by Gasteiger charge is 2.37. The summed E-state index contributed by atoms with van der Waals surface area (Å²) in [4.78, 5) is 3.66. The Kier molecular flexibility index (Phi) is 3.08. The van der Waals surface area contributed by atoms with Crippen molar-refractivity contribution in [2.24, 2.45) is 0 Å². The van der Waals surface area contributed by atoms with Crippen molar-refractivity contribution in [2.75, 3.05) is 0 Å². The third kappa shape index (κ3) is 2.14. The number of hydrogen-bond acceptors (Lipinski definition) is 3. The van der Waals surface area contributed by atoms with E-state index in [4.69, 9.17) is 11.6 Å². The van der Waals surface area contributed by atoms with Crippen molar-refractivity contribution in [1.82, 2.24) is 24.4 Å². The van der Waals surface area contributed by atoms with Crippen LogP contribution in [0.4, 0.5) is 13.2 Å². The van der Waals surface area contributed by atoms with Crippen LogP contribution in [0.15, 0.2) is 36.5 Å². The van der Waals surface area contributed by atoms with Crippen molar-refractivity contribution in [1.29, 1.82) is 0 Å². The first kappa shape index (κ1) is 14.9. The Hall–Kier alpha value is -2.61. The zero-order valence-corrected chi connectivity index (χ0v) is 13.0. The van der Waals surface area contributed by atoms with Gasteiger partial charge in [0, 0.05) is 11.1 Å². The smallest absolute Gasteiger partial charge is 0.228 e. The van der Waals surface area contributed by atoms with Crippen LogP contribution in [0.2, 0.25) is 5.02 Å². The molecule has 4 rings (SSSR count). The van der Waals surface area contributed by atoms with Gasteiger partial charge >= 0.3 is 6.18 Å². The maximum absolute atomic E-state index is 13.0. The van der Waals surface area contributed by atoms with Crippen LogP contribution in [-0.2, 0) is 6.18 Å². The minimum atomic E-state index is -4.63. The molecule has 0 unspecified atom stereocenters. The van der Waals surface area contributed by atoms with E-state index in [0.717, 1.165) is 9.90 Å². The Bertz CT molecular complexity index is 1080. The fourth-order valence-corrected chi connectivity index (χ4v) is 2.84. The average molecular weight is 352 g/mol. The number of benzene rings is 1. The quantitative estimate of drug-likeness (QED) is 0.520. The van der Waals surface area contributed by atoms with Gasteiger partial charge in [0.15, 0.2) is 5.65 Å². The van der Waals surface area contributed by atoms with Crippen LogP contribution in [0.5, 0.6) is 0 Å². The largest absolute Gasteiger partial charge is 0.453 e. The second-order valence-electron chi connectivity index (χ2n) is 5.26. The zero-order chi connectivity index (χ0) is 17.1. The van der Waals surface area contributed by atoms with Crippen molar-refractivity contribution < 1.29 is 13.2 Å². The summed E-state index contributed by atoms with van der Waals surface area (Å²) in [6.45, 7) is 1.65. The summed E-state index contributed by atoms with van der Waals surface area (Å²) >= 11 is 6.23. The molecule has 0 atom stereocenters. The molecule has 0 bridgehead atoms. The normalized spacial score (nSPS) is 12.4. The van der Waals surface area contributed by atoms with E-state index in [1.165, 1.54) is 4.68 Å². The molecule has 122 valence electrons. The second-order valence-corrected chi connectivity index (χ2v) is 5.67. The van der Waals surface area contributed by atoms with Gasteiger partial charge in [-0.3, -0.25) is 0 Å². The lowest BCUT2D eigenvalue weighted by molar-refractivity contribution is -0.144. The van der Waals surface area contributed by atoms with Gasteiger partial charge in [-0.1, -0.05) is 23.7 Å². The van der Waals surface area contributed by atoms with E-state index in [0.29, 0.717) is 21.9 Å². The first-order valence-corrected chi connectivity index (χ1v) is 7.30. The molecule has 0 aliphatic rings. The van der Waals surface area contributed by atoms with Crippen molar-refractivity contribution >= 4 is 28.2 Å². The summed E-state index contributed by atoms with van der Waals surface area (Å²) in [6.07, 6.45) is -3.03. The van der Waals surface area contributed by atoms with Gasteiger partial charge < -0.3 is 0 Å². The number of rotatable bonds is 1. The molecule has 0 spiro atoms. The molecule has 1 aromatic carbocycles. The van der Waals surface area contributed by atoms with E-state index >= 15 is 0 Å². The number of para-hydroxylation sites is 1. The molecule has 0 aliphatic carbocycles. The van der Waals surface area contributed by atoms with Gasteiger partial charge in [0.05, 0.1) is 16.7 Å². The van der Waals surface area contributed by atoms with Crippen LogP contribution >= 0.6 is 11.6 Å². The highest BCUT2D eigenvalue weighted by Crippen LogP contribution is 2.30. The predicted molar refractivity (Wildman–Crippen MR) is 82.4 cm³/mol. The van der Waals surface area contributed by atoms with E-state index in [1.54, 1.807) is 37.4 Å². The summed E-state index contributed by atoms with van der Waals surface area (Å²) < 4.78 is 41.5. The Morgan fingerprint density at radius 2 is 1.92 bits per heavy atom. The standard InChI is InChI=1S/C15H9ClF3N5/c1-8-5-6-11(13-21-14(15(17,18)19)22-23(8)13)24-12-9(7-20-24)3-2-4-10(12)16/h2-7H,1H3. The Morgan fingerprint density at radius 1 is 1.12 bits per heavy atom. The second kappa shape index (κ2) is 4.94. The molecule has 3 heterocycles. The van der Waals surface area contributed by atoms with Crippen LogP contribution in [0.1, 0.15) is 11.5 Å². The molecule has 0 N–H and O–H groups in total. The van der Waals surface area contributed by atoms with Gasteiger partial charge in [0.1, 0.15) is 5.69 Å². The molecule has 4 aromatic rings. The molecular formula is C15H9ClF3N5. The number of hydrogen-bond donors (Lipinski definition) is 0. The molecule has 0 amide bonds. The van der Waals surface area contributed by atoms with Gasteiger partial charge in [-0.25, -0.2) is 14.2 Å². The number of nitrogens with zero attached hydrogens (tertiary/aromatic N) is 5. The third-order valence-electron chi connectivity index (χ3n) is 3.68. The highest BCUT2D eigenvalue weighted by atomic mass is 35.5. The number of pyridine rings is 1. The van der Waals surface area contributed by atoms with E-state index in [9.17, 15) is 13.2 Å². The summed E-state index contributed by atoms with van der Waals surface area (Å²) in [7, 11) is 0. The van der Waals surface area contributed by atoms with Crippen molar-refractivity contribution in [2.45, 2.75) is 13.1 Å². The number of halogens is 4. The maximum Gasteiger partial charge on any atom is 0.453 e. The lowest BCUT2D eigenvalue weighted by Gasteiger charge is -2.07. The molecule has 0 fully saturated rings. The van der Waals surface area contributed by atoms with Gasteiger partial charge in [0.25, 0.3) is 5.82 Å². The monoisotopic (exact) mass is 351 g/mol. The Morgan fingerprint density at radius 3 is 2.67 bits per heavy atom. The summed E-state index contributed by atoms with van der Waals surface area (Å²) in [5.74, 6) is -1.19. The molecule has 5 nitrogen and oxygen atoms in total. The highest BCUT2D eigenvalue weighted by molar-refractivity contribution is 6.35. The first-order chi connectivity index (χ1) is 11.4. The SMILES string of the molecule is Cc1ccc(-n2ncc3cccc(Cl)c32)c2nc(C(F)(F)F)nn12. The van der Waals surface area contributed by atoms with Crippen LogP contribution in [0, 0.1) is 6.92 Å². The Balaban J connectivity index is 2.06. The van der Waals surface area contributed by atoms with Crippen molar-refractivity contribution in [3.8, 4) is 5.69 Å². The van der Waals surface area contributed by atoms with Gasteiger partial charge in [0.2, 0.25) is 0 Å². The topological polar surface area (TPSA) is 48.0 Å². The lowest BCUT2D eigenvalue weighted by Crippen LogP contribution is -2.07. The number of aryl methyl sites for hydroxylation is 1. The molecule has 0 saturated heterocycles. The minimum Gasteiger partial charge on any atom is -0.228 e. The van der Waals surface area contributed by atoms with E-state index < -0.39 is 12.0 Å². The number of aromatic nitrogens is 5. The van der Waals surface area contributed by atoms with Crippen molar-refractivity contribution in [3.63, 3.8) is 0 Å². The van der Waals surface area contributed by atoms with E-state index in [-0.39, 0.29) is 5.65 Å². The number of alkyl halides is 3. The molecule has 3 aromatic heterocycles. The summed E-state index contributed by atoms with van der Waals surface area (Å²) in [5.41, 5.74) is 1.56. The minimum absolute atomic E-state index is 0.0623. The predicted octanol–water partition coefficient (Wildman–Crippen LogP) is 4.05. The molecular weight excluding hydrogens is 343 g/mol. The summed E-state index contributed by atoms with van der Waals surface area (Å²) in [6, 6.07) is 8.59. The first-order valence-electron chi connectivity index (χ1n) is 6.92. The average Bonchev–Trinajstić information content (AvgIpc) is 3.13. The maximum atomic E-state index is 13.0. The Labute approximate surface area is 138 Å². The van der Waals surface area contributed by atoms with Crippen LogP contribution in [0.3, 0.4) is 0 Å². The molecule has 9 heteroatoms. The molecule has 0 aliphatic heterocycles.